The van der Waals surface area contributed by atoms with E-state index >= 15 is 0 Å². The highest BCUT2D eigenvalue weighted by Crippen LogP contribution is 1.60. The molecular formula is C2H4N3O. The number of hydrogen-bond donors (Lipinski definition) is 1. The van der Waals surface area contributed by atoms with Crippen molar-refractivity contribution in [3.05, 3.63) is 0 Å². The molecule has 33 valence electrons. The van der Waals surface area contributed by atoms with E-state index in [-0.39, 0.29) is 0 Å². The van der Waals surface area contributed by atoms with Gasteiger partial charge in [0.05, 0.1) is 0 Å². The summed E-state index contributed by atoms with van der Waals surface area (Å²) in [7, 11) is 1.38. The van der Waals surface area contributed by atoms with Crippen LogP contribution in [0.2, 0.25) is 0 Å². The lowest BCUT2D eigenvalue weighted by Gasteiger charge is -1.78. The number of rotatable bonds is 0. The molecule has 0 atom stereocenters. The van der Waals surface area contributed by atoms with Crippen LogP contribution < -0.4 is 10.8 Å². The van der Waals surface area contributed by atoms with Crippen LogP contribution in [0.5, 0.6) is 0 Å². The van der Waals surface area contributed by atoms with E-state index in [2.05, 4.69) is 10.4 Å². The van der Waals surface area contributed by atoms with Gasteiger partial charge in [0.1, 0.15) is 0 Å². The van der Waals surface area contributed by atoms with Crippen molar-refractivity contribution in [1.82, 2.24) is 10.8 Å². The maximum Gasteiger partial charge on any atom is 0.360 e. The summed E-state index contributed by atoms with van der Waals surface area (Å²) in [4.78, 5) is 9.65. The third-order valence-electron chi connectivity index (χ3n) is 0.305. The standard InChI is InChI=1S/C2H4N3O/c1-4-2(6)5-3/h1H3,(H,4,6). The monoisotopic (exact) mass is 86.0 g/mol. The maximum absolute atomic E-state index is 9.65. The summed E-state index contributed by atoms with van der Waals surface area (Å²) in [5.41, 5.74) is 7.55. The number of hydrogen-bond acceptors (Lipinski definition) is 1. The summed E-state index contributed by atoms with van der Waals surface area (Å²) in [6, 6.07) is -0.727. The van der Waals surface area contributed by atoms with Crippen molar-refractivity contribution in [2.75, 3.05) is 7.05 Å². The third-order valence-corrected chi connectivity index (χ3v) is 0.305. The summed E-state index contributed by atoms with van der Waals surface area (Å²) in [5, 5.41) is 4.32. The summed E-state index contributed by atoms with van der Waals surface area (Å²) in [6.45, 7) is 0. The Balaban J connectivity index is 3.23. The Bertz CT molecular complexity index is 69.2. The lowest BCUT2D eigenvalue weighted by atomic mass is 11.0. The van der Waals surface area contributed by atoms with E-state index in [1.807, 2.05) is 0 Å². The fraction of sp³-hybridized carbons (Fsp3) is 0.500. The zero-order valence-corrected chi connectivity index (χ0v) is 3.30. The molecule has 0 aliphatic heterocycles. The first-order valence-electron chi connectivity index (χ1n) is 1.38. The largest absolute Gasteiger partial charge is 0.360 e. The van der Waals surface area contributed by atoms with Crippen LogP contribution in [0, 0.1) is 0 Å². The average molecular weight is 86.1 g/mol. The molecule has 0 aliphatic rings. The molecule has 0 saturated carbocycles. The minimum Gasteiger partial charge on any atom is -0.338 e. The van der Waals surface area contributed by atoms with Crippen LogP contribution in [0.25, 0.3) is 0 Å². The molecule has 2 amide bonds. The molecular weight excluding hydrogens is 82.0 g/mol. The van der Waals surface area contributed by atoms with Crippen LogP contribution in [0.4, 0.5) is 4.79 Å². The predicted molar refractivity (Wildman–Crippen MR) is 19.0 cm³/mol. The van der Waals surface area contributed by atoms with Crippen molar-refractivity contribution < 1.29 is 4.79 Å². The van der Waals surface area contributed by atoms with E-state index in [1.165, 1.54) is 7.05 Å². The molecule has 4 heteroatoms. The number of nitrogens with one attached hydrogen (secondary N) is 1. The topological polar surface area (TPSA) is 63.8 Å². The zero-order chi connectivity index (χ0) is 4.99. The van der Waals surface area contributed by atoms with Crippen LogP contribution in [0.1, 0.15) is 0 Å². The van der Waals surface area contributed by atoms with Gasteiger partial charge < -0.3 is 5.32 Å². The van der Waals surface area contributed by atoms with Gasteiger partial charge in [-0.05, 0) is 5.53 Å². The van der Waals surface area contributed by atoms with Gasteiger partial charge in [0, 0.05) is 7.05 Å². The molecule has 0 unspecified atom stereocenters. The molecule has 0 heterocycles. The van der Waals surface area contributed by atoms with Crippen molar-refractivity contribution in [3.8, 4) is 0 Å². The van der Waals surface area contributed by atoms with Crippen molar-refractivity contribution in [3.63, 3.8) is 0 Å². The van der Waals surface area contributed by atoms with Gasteiger partial charge in [-0.1, -0.05) is 5.11 Å². The lowest BCUT2D eigenvalue weighted by Crippen LogP contribution is -2.11. The van der Waals surface area contributed by atoms with E-state index < -0.39 is 6.03 Å². The zero-order valence-electron chi connectivity index (χ0n) is 3.30. The van der Waals surface area contributed by atoms with Crippen LogP contribution in [-0.4, -0.2) is 13.1 Å². The molecule has 0 aromatic carbocycles. The maximum atomic E-state index is 9.65. The normalized spacial score (nSPS) is 6.83. The van der Waals surface area contributed by atoms with E-state index in [0.29, 0.717) is 0 Å². The summed E-state index contributed by atoms with van der Waals surface area (Å²) in [5.74, 6) is 0. The molecule has 0 aromatic rings. The first-order chi connectivity index (χ1) is 2.81. The first-order valence-corrected chi connectivity index (χ1v) is 1.38. The van der Waals surface area contributed by atoms with Crippen molar-refractivity contribution in [2.45, 2.75) is 0 Å². The Morgan fingerprint density at radius 3 is 2.50 bits per heavy atom. The van der Waals surface area contributed by atoms with Gasteiger partial charge in [-0.25, -0.2) is 4.79 Å². The van der Waals surface area contributed by atoms with Crippen LogP contribution in [0.15, 0.2) is 5.11 Å². The van der Waals surface area contributed by atoms with Gasteiger partial charge in [0.15, 0.2) is 0 Å². The lowest BCUT2D eigenvalue weighted by molar-refractivity contribution is 0.250. The van der Waals surface area contributed by atoms with Crippen molar-refractivity contribution in [1.29, 1.82) is 0 Å². The van der Waals surface area contributed by atoms with E-state index in [0.717, 1.165) is 0 Å². The second-order valence-electron chi connectivity index (χ2n) is 0.655. The quantitative estimate of drug-likeness (QED) is 0.400. The summed E-state index contributed by atoms with van der Waals surface area (Å²) in [6.07, 6.45) is 0. The Hall–Kier alpha value is -0.930. The SMILES string of the molecule is CNC(=O)N=[N]. The molecule has 6 heavy (non-hydrogen) atoms. The van der Waals surface area contributed by atoms with Gasteiger partial charge in [-0.3, -0.25) is 0 Å². The second kappa shape index (κ2) is 2.32. The number of carbonyl (C=O) groups is 1. The molecule has 4 nitrogen and oxygen atoms in total. The molecule has 1 radical (unpaired) electrons. The molecule has 0 fully saturated rings. The van der Waals surface area contributed by atoms with E-state index in [9.17, 15) is 4.79 Å². The number of nitrogens with zero attached hydrogens (tertiary/aromatic N) is 2. The van der Waals surface area contributed by atoms with Gasteiger partial charge in [-0.15, -0.1) is 0 Å². The van der Waals surface area contributed by atoms with Crippen molar-refractivity contribution >= 4 is 6.03 Å². The fourth-order valence-corrected chi connectivity index (χ4v) is 0.0500. The summed E-state index contributed by atoms with van der Waals surface area (Å²) < 4.78 is 0. The fourth-order valence-electron chi connectivity index (χ4n) is 0.0500. The summed E-state index contributed by atoms with van der Waals surface area (Å²) >= 11 is 0. The molecule has 0 rings (SSSR count). The smallest absolute Gasteiger partial charge is 0.338 e. The highest BCUT2D eigenvalue weighted by molar-refractivity contribution is 5.73. The first kappa shape index (κ1) is 5.07. The van der Waals surface area contributed by atoms with E-state index in [4.69, 9.17) is 5.53 Å². The molecule has 0 aromatic heterocycles. The highest BCUT2D eigenvalue weighted by Gasteiger charge is 1.83. The van der Waals surface area contributed by atoms with Gasteiger partial charge in [-0.2, -0.15) is 0 Å². The van der Waals surface area contributed by atoms with Gasteiger partial charge in [0.25, 0.3) is 0 Å². The molecule has 0 aliphatic carbocycles. The number of urea groups is 1. The Kier molecular flexibility index (Phi) is 1.96. The minimum atomic E-state index is -0.727. The van der Waals surface area contributed by atoms with Gasteiger partial charge >= 0.3 is 6.03 Å². The molecule has 0 spiro atoms. The van der Waals surface area contributed by atoms with Crippen molar-refractivity contribution in [2.24, 2.45) is 5.11 Å². The Labute approximate surface area is 35.1 Å². The Morgan fingerprint density at radius 1 is 2.00 bits per heavy atom. The number of amides is 2. The molecule has 0 bridgehead atoms. The third kappa shape index (κ3) is 1.40. The van der Waals surface area contributed by atoms with E-state index in [1.54, 1.807) is 0 Å². The minimum absolute atomic E-state index is 0.727. The molecule has 0 saturated heterocycles. The van der Waals surface area contributed by atoms with Crippen LogP contribution in [0.3, 0.4) is 0 Å². The molecule has 1 N–H and O–H groups in total. The predicted octanol–water partition coefficient (Wildman–Crippen LogP) is -0.422. The van der Waals surface area contributed by atoms with Crippen LogP contribution in [-0.2, 0) is 0 Å². The number of carbonyl (C=O) groups excluding carboxylic acids is 1. The van der Waals surface area contributed by atoms with Gasteiger partial charge in [0.2, 0.25) is 0 Å². The van der Waals surface area contributed by atoms with Crippen LogP contribution >= 0.6 is 0 Å². The second-order valence-corrected chi connectivity index (χ2v) is 0.655. The highest BCUT2D eigenvalue weighted by atomic mass is 16.2. The average Bonchev–Trinajstić information content (AvgIpc) is 1.65. The Morgan fingerprint density at radius 2 is 2.50 bits per heavy atom.